The number of rotatable bonds is 1. The summed E-state index contributed by atoms with van der Waals surface area (Å²) in [7, 11) is 0. The van der Waals surface area contributed by atoms with Crippen molar-refractivity contribution in [3.63, 3.8) is 0 Å². The van der Waals surface area contributed by atoms with Gasteiger partial charge in [-0.1, -0.05) is 26.8 Å². The lowest BCUT2D eigenvalue weighted by Crippen LogP contribution is -2.09. The summed E-state index contributed by atoms with van der Waals surface area (Å²) in [5.41, 5.74) is 3.93. The average Bonchev–Trinajstić information content (AvgIpc) is 2.45. The van der Waals surface area contributed by atoms with Crippen molar-refractivity contribution in [3.8, 4) is 0 Å². The second-order valence-corrected chi connectivity index (χ2v) is 5.40. The summed E-state index contributed by atoms with van der Waals surface area (Å²) in [5, 5.41) is 0. The van der Waals surface area contributed by atoms with E-state index in [1.165, 1.54) is 11.3 Å². The van der Waals surface area contributed by atoms with E-state index in [4.69, 9.17) is 0 Å². The van der Waals surface area contributed by atoms with Crippen molar-refractivity contribution in [3.05, 3.63) is 35.8 Å². The number of aryl methyl sites for hydroxylation is 1. The molecule has 0 radical (unpaired) electrons. The number of hydrogen-bond acceptors (Lipinski definition) is 1. The molecule has 0 N–H and O–H groups in total. The standard InChI is InChI=1S/C13H18N2/c1-10-8-14-12-6-5-11(9-15(10)12)7-13(2,3)4/h5-6,8-9H,7H2,1-4H3. The predicted octanol–water partition coefficient (Wildman–Crippen LogP) is 3.23. The topological polar surface area (TPSA) is 17.3 Å². The van der Waals surface area contributed by atoms with Crippen LogP contribution in [0.15, 0.2) is 24.5 Å². The Balaban J connectivity index is 2.42. The zero-order chi connectivity index (χ0) is 11.1. The Kier molecular flexibility index (Phi) is 2.29. The Bertz CT molecular complexity index is 475. The molecule has 0 unspecified atom stereocenters. The molecule has 2 heteroatoms. The summed E-state index contributed by atoms with van der Waals surface area (Å²) in [6.07, 6.45) is 5.21. The minimum Gasteiger partial charge on any atom is -0.304 e. The van der Waals surface area contributed by atoms with Gasteiger partial charge in [-0.15, -0.1) is 0 Å². The van der Waals surface area contributed by atoms with Crippen LogP contribution in [0.2, 0.25) is 0 Å². The summed E-state index contributed by atoms with van der Waals surface area (Å²) in [4.78, 5) is 4.32. The van der Waals surface area contributed by atoms with Gasteiger partial charge in [0.1, 0.15) is 5.65 Å². The lowest BCUT2D eigenvalue weighted by atomic mass is 9.89. The molecule has 0 aliphatic heterocycles. The summed E-state index contributed by atoms with van der Waals surface area (Å²) in [6, 6.07) is 4.26. The van der Waals surface area contributed by atoms with Crippen LogP contribution in [-0.4, -0.2) is 9.38 Å². The van der Waals surface area contributed by atoms with Crippen LogP contribution < -0.4 is 0 Å². The van der Waals surface area contributed by atoms with E-state index < -0.39 is 0 Å². The van der Waals surface area contributed by atoms with E-state index in [0.29, 0.717) is 5.41 Å². The molecule has 2 nitrogen and oxygen atoms in total. The third-order valence-electron chi connectivity index (χ3n) is 2.49. The lowest BCUT2D eigenvalue weighted by Gasteiger charge is -2.18. The first-order valence-corrected chi connectivity index (χ1v) is 5.38. The van der Waals surface area contributed by atoms with Crippen molar-refractivity contribution in [2.24, 2.45) is 5.41 Å². The van der Waals surface area contributed by atoms with Gasteiger partial charge in [0, 0.05) is 18.1 Å². The van der Waals surface area contributed by atoms with Gasteiger partial charge in [-0.2, -0.15) is 0 Å². The van der Waals surface area contributed by atoms with E-state index in [1.54, 1.807) is 0 Å². The van der Waals surface area contributed by atoms with Gasteiger partial charge in [-0.3, -0.25) is 0 Å². The second kappa shape index (κ2) is 3.37. The third-order valence-corrected chi connectivity index (χ3v) is 2.49. The molecule has 2 aromatic rings. The average molecular weight is 202 g/mol. The molecule has 0 saturated heterocycles. The van der Waals surface area contributed by atoms with Crippen molar-refractivity contribution < 1.29 is 0 Å². The van der Waals surface area contributed by atoms with Gasteiger partial charge in [-0.25, -0.2) is 4.98 Å². The second-order valence-electron chi connectivity index (χ2n) is 5.40. The van der Waals surface area contributed by atoms with Gasteiger partial charge in [0.2, 0.25) is 0 Å². The molecule has 2 aromatic heterocycles. The largest absolute Gasteiger partial charge is 0.304 e. The van der Waals surface area contributed by atoms with E-state index >= 15 is 0 Å². The monoisotopic (exact) mass is 202 g/mol. The predicted molar refractivity (Wildman–Crippen MR) is 63.1 cm³/mol. The van der Waals surface area contributed by atoms with Crippen LogP contribution in [-0.2, 0) is 6.42 Å². The first-order chi connectivity index (χ1) is 6.96. The molecule has 0 spiro atoms. The van der Waals surface area contributed by atoms with Crippen LogP contribution in [0.1, 0.15) is 32.0 Å². The maximum atomic E-state index is 4.32. The van der Waals surface area contributed by atoms with Crippen molar-refractivity contribution >= 4 is 5.65 Å². The number of nitrogens with zero attached hydrogens (tertiary/aromatic N) is 2. The van der Waals surface area contributed by atoms with Gasteiger partial charge < -0.3 is 4.40 Å². The number of hydrogen-bond donors (Lipinski definition) is 0. The Morgan fingerprint density at radius 3 is 2.67 bits per heavy atom. The zero-order valence-electron chi connectivity index (χ0n) is 9.91. The molecule has 0 aromatic carbocycles. The molecule has 0 aliphatic carbocycles. The number of pyridine rings is 1. The van der Waals surface area contributed by atoms with E-state index in [2.05, 4.69) is 55.4 Å². The number of aromatic nitrogens is 2. The molecular weight excluding hydrogens is 184 g/mol. The smallest absolute Gasteiger partial charge is 0.136 e. The Morgan fingerprint density at radius 1 is 1.27 bits per heavy atom. The third kappa shape index (κ3) is 2.20. The van der Waals surface area contributed by atoms with Crippen molar-refractivity contribution in [1.29, 1.82) is 0 Å². The fourth-order valence-electron chi connectivity index (χ4n) is 1.86. The molecule has 15 heavy (non-hydrogen) atoms. The molecule has 0 fully saturated rings. The minimum atomic E-state index is 0.335. The number of fused-ring (bicyclic) bond motifs is 1. The SMILES string of the molecule is Cc1cnc2ccc(CC(C)(C)C)cn12. The summed E-state index contributed by atoms with van der Waals surface area (Å²) in [6.45, 7) is 8.87. The molecule has 2 heterocycles. The minimum absolute atomic E-state index is 0.335. The van der Waals surface area contributed by atoms with Gasteiger partial charge in [0.15, 0.2) is 0 Å². The molecular formula is C13H18N2. The van der Waals surface area contributed by atoms with E-state index in [9.17, 15) is 0 Å². The Labute approximate surface area is 91.0 Å². The zero-order valence-corrected chi connectivity index (χ0v) is 9.91. The van der Waals surface area contributed by atoms with Crippen LogP contribution in [0.5, 0.6) is 0 Å². The molecule has 0 amide bonds. The van der Waals surface area contributed by atoms with Gasteiger partial charge in [-0.05, 0) is 30.4 Å². The molecule has 0 atom stereocenters. The molecule has 2 rings (SSSR count). The molecule has 80 valence electrons. The first kappa shape index (κ1) is 10.2. The van der Waals surface area contributed by atoms with E-state index in [1.807, 2.05) is 6.20 Å². The van der Waals surface area contributed by atoms with Gasteiger partial charge >= 0.3 is 0 Å². The normalized spacial score (nSPS) is 12.3. The Hall–Kier alpha value is -1.31. The van der Waals surface area contributed by atoms with Crippen molar-refractivity contribution in [2.45, 2.75) is 34.1 Å². The number of imidazole rings is 1. The molecule has 0 saturated carbocycles. The lowest BCUT2D eigenvalue weighted by molar-refractivity contribution is 0.410. The van der Waals surface area contributed by atoms with E-state index in [-0.39, 0.29) is 0 Å². The summed E-state index contributed by atoms with van der Waals surface area (Å²) >= 11 is 0. The van der Waals surface area contributed by atoms with Crippen LogP contribution in [0.4, 0.5) is 0 Å². The highest BCUT2D eigenvalue weighted by molar-refractivity contribution is 5.41. The maximum absolute atomic E-state index is 4.32. The summed E-state index contributed by atoms with van der Waals surface area (Å²) < 4.78 is 2.15. The van der Waals surface area contributed by atoms with Crippen LogP contribution in [0.3, 0.4) is 0 Å². The quantitative estimate of drug-likeness (QED) is 0.694. The molecule has 0 bridgehead atoms. The fourth-order valence-corrected chi connectivity index (χ4v) is 1.86. The summed E-state index contributed by atoms with van der Waals surface area (Å²) in [5.74, 6) is 0. The van der Waals surface area contributed by atoms with Crippen LogP contribution >= 0.6 is 0 Å². The van der Waals surface area contributed by atoms with Crippen LogP contribution in [0.25, 0.3) is 5.65 Å². The van der Waals surface area contributed by atoms with Crippen molar-refractivity contribution in [1.82, 2.24) is 9.38 Å². The first-order valence-electron chi connectivity index (χ1n) is 5.38. The fraction of sp³-hybridized carbons (Fsp3) is 0.462. The van der Waals surface area contributed by atoms with E-state index in [0.717, 1.165) is 12.1 Å². The van der Waals surface area contributed by atoms with Crippen LogP contribution in [0, 0.1) is 12.3 Å². The maximum Gasteiger partial charge on any atom is 0.136 e. The Morgan fingerprint density at radius 2 is 2.00 bits per heavy atom. The highest BCUT2D eigenvalue weighted by Crippen LogP contribution is 2.21. The van der Waals surface area contributed by atoms with Gasteiger partial charge in [0.25, 0.3) is 0 Å². The molecule has 0 aliphatic rings. The van der Waals surface area contributed by atoms with Crippen molar-refractivity contribution in [2.75, 3.05) is 0 Å². The van der Waals surface area contributed by atoms with Gasteiger partial charge in [0.05, 0.1) is 0 Å². The highest BCUT2D eigenvalue weighted by atomic mass is 15.0. The highest BCUT2D eigenvalue weighted by Gasteiger charge is 2.11.